The van der Waals surface area contributed by atoms with Crippen LogP contribution in [-0.2, 0) is 17.8 Å². The molecule has 2 rings (SSSR count). The SMILES string of the molecule is COCCNCc1cccnc1N(C)Cc1ccco1. The second-order valence-corrected chi connectivity index (χ2v) is 4.59. The summed E-state index contributed by atoms with van der Waals surface area (Å²) in [6.07, 6.45) is 3.50. The highest BCUT2D eigenvalue weighted by Crippen LogP contribution is 2.18. The van der Waals surface area contributed by atoms with Gasteiger partial charge < -0.3 is 19.4 Å². The summed E-state index contributed by atoms with van der Waals surface area (Å²) in [6, 6.07) is 7.91. The van der Waals surface area contributed by atoms with E-state index in [4.69, 9.17) is 9.15 Å². The first kappa shape index (κ1) is 14.6. The van der Waals surface area contributed by atoms with Crippen LogP contribution >= 0.6 is 0 Å². The maximum absolute atomic E-state index is 5.38. The van der Waals surface area contributed by atoms with Crippen LogP contribution in [-0.4, -0.2) is 32.3 Å². The van der Waals surface area contributed by atoms with Crippen molar-refractivity contribution in [2.45, 2.75) is 13.1 Å². The quantitative estimate of drug-likeness (QED) is 0.747. The summed E-state index contributed by atoms with van der Waals surface area (Å²) in [5, 5.41) is 3.34. The van der Waals surface area contributed by atoms with Gasteiger partial charge in [0.2, 0.25) is 0 Å². The highest BCUT2D eigenvalue weighted by Gasteiger charge is 2.10. The summed E-state index contributed by atoms with van der Waals surface area (Å²) in [4.78, 5) is 6.56. The van der Waals surface area contributed by atoms with Crippen LogP contribution in [0.15, 0.2) is 41.1 Å². The zero-order valence-electron chi connectivity index (χ0n) is 12.0. The second kappa shape index (κ2) is 7.67. The molecule has 0 aliphatic carbocycles. The molecule has 0 aliphatic rings. The Hall–Kier alpha value is -1.85. The zero-order chi connectivity index (χ0) is 14.2. The Balaban J connectivity index is 1.99. The minimum atomic E-state index is 0.703. The smallest absolute Gasteiger partial charge is 0.133 e. The molecule has 2 heterocycles. The number of pyridine rings is 1. The van der Waals surface area contributed by atoms with Gasteiger partial charge in [0.1, 0.15) is 11.6 Å². The maximum Gasteiger partial charge on any atom is 0.133 e. The van der Waals surface area contributed by atoms with Gasteiger partial charge in [0.05, 0.1) is 19.4 Å². The van der Waals surface area contributed by atoms with E-state index in [-0.39, 0.29) is 0 Å². The number of aromatic nitrogens is 1. The predicted octanol–water partition coefficient (Wildman–Crippen LogP) is 2.05. The van der Waals surface area contributed by atoms with Crippen molar-refractivity contribution >= 4 is 5.82 Å². The standard InChI is InChI=1S/C15H21N3O2/c1-18(12-14-6-4-9-20-14)15-13(5-3-7-17-15)11-16-8-10-19-2/h3-7,9,16H,8,10-12H2,1-2H3. The van der Waals surface area contributed by atoms with Crippen LogP contribution in [0.25, 0.3) is 0 Å². The number of anilines is 1. The third kappa shape index (κ3) is 4.08. The number of nitrogens with one attached hydrogen (secondary N) is 1. The molecule has 5 nitrogen and oxygen atoms in total. The second-order valence-electron chi connectivity index (χ2n) is 4.59. The number of nitrogens with zero attached hydrogens (tertiary/aromatic N) is 2. The molecule has 20 heavy (non-hydrogen) atoms. The van der Waals surface area contributed by atoms with Crippen molar-refractivity contribution in [2.24, 2.45) is 0 Å². The Morgan fingerprint density at radius 2 is 2.25 bits per heavy atom. The molecule has 1 N–H and O–H groups in total. The predicted molar refractivity (Wildman–Crippen MR) is 78.6 cm³/mol. The van der Waals surface area contributed by atoms with Crippen LogP contribution in [0.1, 0.15) is 11.3 Å². The van der Waals surface area contributed by atoms with E-state index in [1.165, 1.54) is 0 Å². The summed E-state index contributed by atoms with van der Waals surface area (Å²) in [6.45, 7) is 3.01. The molecule has 0 aliphatic heterocycles. The van der Waals surface area contributed by atoms with E-state index in [0.29, 0.717) is 13.2 Å². The summed E-state index contributed by atoms with van der Waals surface area (Å²) in [5.74, 6) is 1.89. The number of rotatable bonds is 8. The van der Waals surface area contributed by atoms with Gasteiger partial charge in [-0.3, -0.25) is 0 Å². The van der Waals surface area contributed by atoms with E-state index in [0.717, 1.165) is 30.2 Å². The molecule has 0 saturated carbocycles. The Morgan fingerprint density at radius 1 is 1.35 bits per heavy atom. The first-order valence-corrected chi connectivity index (χ1v) is 6.68. The van der Waals surface area contributed by atoms with Crippen LogP contribution in [0.3, 0.4) is 0 Å². The van der Waals surface area contributed by atoms with Gasteiger partial charge in [-0.2, -0.15) is 0 Å². The third-order valence-corrected chi connectivity index (χ3v) is 3.00. The van der Waals surface area contributed by atoms with Crippen molar-refractivity contribution in [3.63, 3.8) is 0 Å². The van der Waals surface area contributed by atoms with Crippen molar-refractivity contribution in [3.8, 4) is 0 Å². The fourth-order valence-electron chi connectivity index (χ4n) is 2.02. The van der Waals surface area contributed by atoms with Gasteiger partial charge >= 0.3 is 0 Å². The van der Waals surface area contributed by atoms with Crippen molar-refractivity contribution in [2.75, 3.05) is 32.2 Å². The molecule has 108 valence electrons. The summed E-state index contributed by atoms with van der Waals surface area (Å²) in [5.41, 5.74) is 1.16. The van der Waals surface area contributed by atoms with Crippen molar-refractivity contribution in [1.82, 2.24) is 10.3 Å². The Labute approximate surface area is 119 Å². The molecular weight excluding hydrogens is 254 g/mol. The van der Waals surface area contributed by atoms with E-state index in [1.807, 2.05) is 31.4 Å². The topological polar surface area (TPSA) is 50.5 Å². The maximum atomic E-state index is 5.38. The van der Waals surface area contributed by atoms with Crippen molar-refractivity contribution in [3.05, 3.63) is 48.0 Å². The van der Waals surface area contributed by atoms with Gasteiger partial charge in [0.25, 0.3) is 0 Å². The molecule has 0 saturated heterocycles. The van der Waals surface area contributed by atoms with Gasteiger partial charge in [0.15, 0.2) is 0 Å². The average Bonchev–Trinajstić information content (AvgIpc) is 2.97. The fraction of sp³-hybridized carbons (Fsp3) is 0.400. The van der Waals surface area contributed by atoms with Gasteiger partial charge in [-0.1, -0.05) is 6.07 Å². The molecule has 0 amide bonds. The monoisotopic (exact) mass is 275 g/mol. The molecule has 0 unspecified atom stereocenters. The van der Waals surface area contributed by atoms with Crippen LogP contribution < -0.4 is 10.2 Å². The van der Waals surface area contributed by atoms with E-state index in [1.54, 1.807) is 13.4 Å². The number of ether oxygens (including phenoxy) is 1. The molecule has 0 aromatic carbocycles. The lowest BCUT2D eigenvalue weighted by Crippen LogP contribution is -2.23. The summed E-state index contributed by atoms with van der Waals surface area (Å²) < 4.78 is 10.4. The Morgan fingerprint density at radius 3 is 3.00 bits per heavy atom. The van der Waals surface area contributed by atoms with Gasteiger partial charge in [0, 0.05) is 39.0 Å². The molecule has 0 fully saturated rings. The number of hydrogen-bond acceptors (Lipinski definition) is 5. The normalized spacial score (nSPS) is 10.7. The van der Waals surface area contributed by atoms with E-state index >= 15 is 0 Å². The van der Waals surface area contributed by atoms with Crippen LogP contribution in [0.5, 0.6) is 0 Å². The summed E-state index contributed by atoms with van der Waals surface area (Å²) >= 11 is 0. The van der Waals surface area contributed by atoms with E-state index in [2.05, 4.69) is 21.3 Å². The Bertz CT molecular complexity index is 500. The molecule has 0 spiro atoms. The van der Waals surface area contributed by atoms with Crippen LogP contribution in [0, 0.1) is 0 Å². The highest BCUT2D eigenvalue weighted by molar-refractivity contribution is 5.46. The van der Waals surface area contributed by atoms with Gasteiger partial charge in [-0.05, 0) is 18.2 Å². The lowest BCUT2D eigenvalue weighted by atomic mass is 10.2. The highest BCUT2D eigenvalue weighted by atomic mass is 16.5. The van der Waals surface area contributed by atoms with E-state index in [9.17, 15) is 0 Å². The van der Waals surface area contributed by atoms with Crippen molar-refractivity contribution in [1.29, 1.82) is 0 Å². The van der Waals surface area contributed by atoms with Crippen molar-refractivity contribution < 1.29 is 9.15 Å². The molecule has 0 radical (unpaired) electrons. The van der Waals surface area contributed by atoms with Gasteiger partial charge in [-0.15, -0.1) is 0 Å². The largest absolute Gasteiger partial charge is 0.467 e. The summed E-state index contributed by atoms with van der Waals surface area (Å²) in [7, 11) is 3.72. The molecule has 2 aromatic heterocycles. The molecule has 0 bridgehead atoms. The Kier molecular flexibility index (Phi) is 5.58. The molecule has 0 atom stereocenters. The molecule has 5 heteroatoms. The van der Waals surface area contributed by atoms with Crippen LogP contribution in [0.4, 0.5) is 5.82 Å². The first-order valence-electron chi connectivity index (χ1n) is 6.68. The zero-order valence-corrected chi connectivity index (χ0v) is 12.0. The third-order valence-electron chi connectivity index (χ3n) is 3.00. The number of hydrogen-bond donors (Lipinski definition) is 1. The number of furan rings is 1. The lowest BCUT2D eigenvalue weighted by Gasteiger charge is -2.20. The fourth-order valence-corrected chi connectivity index (χ4v) is 2.02. The number of methoxy groups -OCH3 is 1. The molecular formula is C15H21N3O2. The van der Waals surface area contributed by atoms with E-state index < -0.39 is 0 Å². The first-order chi connectivity index (χ1) is 9.81. The molecule has 2 aromatic rings. The average molecular weight is 275 g/mol. The van der Waals surface area contributed by atoms with Crippen LogP contribution in [0.2, 0.25) is 0 Å². The van der Waals surface area contributed by atoms with Gasteiger partial charge in [-0.25, -0.2) is 4.98 Å². The lowest BCUT2D eigenvalue weighted by molar-refractivity contribution is 0.199. The minimum Gasteiger partial charge on any atom is -0.467 e. The minimum absolute atomic E-state index is 0.703.